The molecule has 2 bridgehead atoms. The van der Waals surface area contributed by atoms with Gasteiger partial charge in [-0.25, -0.2) is 9.78 Å². The van der Waals surface area contributed by atoms with Gasteiger partial charge < -0.3 is 9.47 Å². The van der Waals surface area contributed by atoms with Crippen LogP contribution in [0.2, 0.25) is 0 Å². The summed E-state index contributed by atoms with van der Waals surface area (Å²) in [7, 11) is 0. The first-order valence-corrected chi connectivity index (χ1v) is 14.2. The van der Waals surface area contributed by atoms with Gasteiger partial charge in [-0.1, -0.05) is 20.3 Å². The van der Waals surface area contributed by atoms with Crippen LogP contribution in [0.25, 0.3) is 0 Å². The molecule has 0 aliphatic heterocycles. The van der Waals surface area contributed by atoms with Gasteiger partial charge in [-0.2, -0.15) is 0 Å². The van der Waals surface area contributed by atoms with E-state index in [-0.39, 0.29) is 5.79 Å². The molecule has 4 aliphatic rings. The Bertz CT molecular complexity index is 540. The average molecular weight is 451 g/mol. The van der Waals surface area contributed by atoms with Gasteiger partial charge in [0.25, 0.3) is 0 Å². The summed E-state index contributed by atoms with van der Waals surface area (Å²) in [5, 5.41) is 0. The summed E-state index contributed by atoms with van der Waals surface area (Å²) in [6, 6.07) is 0. The van der Waals surface area contributed by atoms with Gasteiger partial charge in [0, 0.05) is 26.1 Å². The molecule has 4 fully saturated rings. The lowest BCUT2D eigenvalue weighted by atomic mass is 9.63. The largest absolute Gasteiger partial charge is 0.350 e. The van der Waals surface area contributed by atoms with Crippen LogP contribution < -0.4 is 0 Å². The minimum absolute atomic E-state index is 0.303. The summed E-state index contributed by atoms with van der Waals surface area (Å²) < 4.78 is 12.1. The van der Waals surface area contributed by atoms with E-state index >= 15 is 0 Å². The fourth-order valence-electron chi connectivity index (χ4n) is 7.97. The zero-order chi connectivity index (χ0) is 22.6. The van der Waals surface area contributed by atoms with E-state index in [2.05, 4.69) is 27.7 Å². The number of hydrogen-bond donors (Lipinski definition) is 0. The Kier molecular flexibility index (Phi) is 8.98. The van der Waals surface area contributed by atoms with Gasteiger partial charge in [0.15, 0.2) is 5.79 Å². The molecular weight excluding hydrogens is 400 g/mol. The van der Waals surface area contributed by atoms with E-state index in [4.69, 9.17) is 19.2 Å². The molecule has 0 N–H and O–H groups in total. The van der Waals surface area contributed by atoms with E-state index in [1.807, 2.05) is 0 Å². The normalized spacial score (nSPS) is 40.3. The van der Waals surface area contributed by atoms with Crippen LogP contribution in [0.1, 0.15) is 111 Å². The van der Waals surface area contributed by atoms with Gasteiger partial charge >= 0.3 is 0 Å². The van der Waals surface area contributed by atoms with Gasteiger partial charge in [-0.05, 0) is 114 Å². The summed E-state index contributed by atoms with van der Waals surface area (Å²) in [4.78, 5) is 12.5. The van der Waals surface area contributed by atoms with E-state index in [9.17, 15) is 0 Å². The molecule has 0 aromatic rings. The van der Waals surface area contributed by atoms with E-state index in [0.717, 1.165) is 68.5 Å². The first kappa shape index (κ1) is 24.9. The Balaban J connectivity index is 1.21. The van der Waals surface area contributed by atoms with Crippen molar-refractivity contribution in [2.45, 2.75) is 129 Å². The molecule has 0 aromatic heterocycles. The summed E-state index contributed by atoms with van der Waals surface area (Å²) in [5.74, 6) is 4.57. The molecule has 186 valence electrons. The molecule has 4 nitrogen and oxygen atoms in total. The first-order chi connectivity index (χ1) is 15.6. The Morgan fingerprint density at radius 2 is 1.34 bits per heavy atom. The second-order valence-corrected chi connectivity index (χ2v) is 11.7. The number of ether oxygens (including phenoxy) is 2. The fraction of sp³-hybridized carbons (Fsp3) is 1.00. The van der Waals surface area contributed by atoms with E-state index in [1.165, 1.54) is 57.8 Å². The van der Waals surface area contributed by atoms with Crippen LogP contribution in [-0.2, 0) is 19.2 Å². The van der Waals surface area contributed by atoms with Gasteiger partial charge in [0.2, 0.25) is 0 Å². The van der Waals surface area contributed by atoms with Crippen LogP contribution in [0.15, 0.2) is 0 Å². The van der Waals surface area contributed by atoms with Crippen molar-refractivity contribution in [2.75, 3.05) is 13.2 Å². The molecule has 4 rings (SSSR count). The van der Waals surface area contributed by atoms with Crippen molar-refractivity contribution in [2.24, 2.45) is 35.5 Å². The molecule has 0 spiro atoms. The van der Waals surface area contributed by atoms with E-state index in [1.54, 1.807) is 0 Å². The van der Waals surface area contributed by atoms with Crippen LogP contribution in [-0.4, -0.2) is 31.2 Å². The molecule has 0 saturated heterocycles. The van der Waals surface area contributed by atoms with E-state index in [0.29, 0.717) is 18.1 Å². The molecule has 0 amide bonds. The number of hydrogen-bond acceptors (Lipinski definition) is 4. The molecule has 4 heteroatoms. The van der Waals surface area contributed by atoms with Crippen molar-refractivity contribution in [3.8, 4) is 0 Å². The standard InChI is InChI=1S/C28H50O4/c1-5-22-18-21-16-20(4)17-25(19-21)27(22)32-31-26-10-8-23(9-11-26)24-12-14-28(15-13-24,29-6-2)30-7-3/h20-27H,5-19H2,1-4H3. The van der Waals surface area contributed by atoms with Crippen LogP contribution in [0.4, 0.5) is 0 Å². The maximum Gasteiger partial charge on any atom is 0.168 e. The highest BCUT2D eigenvalue weighted by atomic mass is 17.2. The molecule has 4 saturated carbocycles. The van der Waals surface area contributed by atoms with E-state index < -0.39 is 0 Å². The van der Waals surface area contributed by atoms with Gasteiger partial charge in [0.1, 0.15) is 0 Å². The first-order valence-electron chi connectivity index (χ1n) is 14.2. The Morgan fingerprint density at radius 1 is 0.688 bits per heavy atom. The smallest absolute Gasteiger partial charge is 0.168 e. The monoisotopic (exact) mass is 450 g/mol. The van der Waals surface area contributed by atoms with Crippen molar-refractivity contribution >= 4 is 0 Å². The van der Waals surface area contributed by atoms with Gasteiger partial charge in [0.05, 0.1) is 12.2 Å². The third kappa shape index (κ3) is 5.90. The van der Waals surface area contributed by atoms with Crippen LogP contribution >= 0.6 is 0 Å². The predicted molar refractivity (Wildman–Crippen MR) is 128 cm³/mol. The third-order valence-electron chi connectivity index (χ3n) is 9.46. The third-order valence-corrected chi connectivity index (χ3v) is 9.46. The van der Waals surface area contributed by atoms with Gasteiger partial charge in [-0.3, -0.25) is 0 Å². The lowest BCUT2D eigenvalue weighted by molar-refractivity contribution is -0.378. The summed E-state index contributed by atoms with van der Waals surface area (Å²) >= 11 is 0. The summed E-state index contributed by atoms with van der Waals surface area (Å²) in [5.41, 5.74) is 0. The topological polar surface area (TPSA) is 36.9 Å². The lowest BCUT2D eigenvalue weighted by Crippen LogP contribution is -2.44. The van der Waals surface area contributed by atoms with Crippen LogP contribution in [0.5, 0.6) is 0 Å². The molecule has 0 aromatic carbocycles. The fourth-order valence-corrected chi connectivity index (χ4v) is 7.97. The van der Waals surface area contributed by atoms with Crippen LogP contribution in [0.3, 0.4) is 0 Å². The SMILES string of the molecule is CCOC1(OCC)CCC(C2CCC(OOC3C(CC)CC4CC(C)CC3C4)CC2)CC1. The highest BCUT2D eigenvalue weighted by Crippen LogP contribution is 2.48. The van der Waals surface area contributed by atoms with Crippen molar-refractivity contribution in [3.63, 3.8) is 0 Å². The Morgan fingerprint density at radius 3 is 1.97 bits per heavy atom. The molecule has 0 radical (unpaired) electrons. The maximum absolute atomic E-state index is 6.29. The Hall–Kier alpha value is -0.160. The molecular formula is C28H50O4. The summed E-state index contributed by atoms with van der Waals surface area (Å²) in [6.07, 6.45) is 16.9. The maximum atomic E-state index is 6.29. The lowest BCUT2D eigenvalue weighted by Gasteiger charge is -2.46. The average Bonchev–Trinajstić information content (AvgIpc) is 2.79. The van der Waals surface area contributed by atoms with Gasteiger partial charge in [-0.15, -0.1) is 0 Å². The minimum atomic E-state index is -0.306. The minimum Gasteiger partial charge on any atom is -0.350 e. The van der Waals surface area contributed by atoms with Crippen molar-refractivity contribution in [3.05, 3.63) is 0 Å². The molecule has 32 heavy (non-hydrogen) atoms. The zero-order valence-electron chi connectivity index (χ0n) is 21.4. The van der Waals surface area contributed by atoms with Crippen molar-refractivity contribution in [1.29, 1.82) is 0 Å². The second-order valence-electron chi connectivity index (χ2n) is 11.7. The molecule has 5 atom stereocenters. The van der Waals surface area contributed by atoms with Crippen molar-refractivity contribution in [1.82, 2.24) is 0 Å². The molecule has 5 unspecified atom stereocenters. The Labute approximate surface area is 197 Å². The van der Waals surface area contributed by atoms with Crippen LogP contribution in [0, 0.1) is 35.5 Å². The highest BCUT2D eigenvalue weighted by Gasteiger charge is 2.43. The quantitative estimate of drug-likeness (QED) is 0.210. The highest BCUT2D eigenvalue weighted by molar-refractivity contribution is 4.91. The number of rotatable bonds is 9. The number of fused-ring (bicyclic) bond motifs is 2. The van der Waals surface area contributed by atoms with Crippen molar-refractivity contribution < 1.29 is 19.2 Å². The molecule has 0 heterocycles. The predicted octanol–water partition coefficient (Wildman–Crippen LogP) is 7.30. The summed E-state index contributed by atoms with van der Waals surface area (Å²) in [6.45, 7) is 10.4. The zero-order valence-corrected chi connectivity index (χ0v) is 21.4. The second kappa shape index (κ2) is 11.5. The molecule has 4 aliphatic carbocycles.